The highest BCUT2D eigenvalue weighted by molar-refractivity contribution is 5.52. The van der Waals surface area contributed by atoms with Crippen molar-refractivity contribution in [3.05, 3.63) is 45.3 Å². The summed E-state index contributed by atoms with van der Waals surface area (Å²) in [4.78, 5) is 13.0. The lowest BCUT2D eigenvalue weighted by Crippen LogP contribution is -2.00. The van der Waals surface area contributed by atoms with Crippen LogP contribution < -0.4 is 4.74 Å². The second kappa shape index (κ2) is 4.91. The van der Waals surface area contributed by atoms with Crippen molar-refractivity contribution in [2.75, 3.05) is 6.86 Å². The van der Waals surface area contributed by atoms with Crippen LogP contribution in [0.2, 0.25) is 0 Å². The maximum atomic E-state index is 12.0. The van der Waals surface area contributed by atoms with Crippen molar-refractivity contribution < 1.29 is 14.1 Å². The molecule has 0 unspecified atom stereocenters. The van der Waals surface area contributed by atoms with E-state index in [0.717, 1.165) is 0 Å². The van der Waals surface area contributed by atoms with Gasteiger partial charge in [-0.3, -0.25) is 10.1 Å². The molecule has 5 nitrogen and oxygen atoms in total. The Morgan fingerprint density at radius 2 is 2.33 bits per heavy atom. The number of alkyl halides is 1. The lowest BCUT2D eigenvalue weighted by Gasteiger charge is -2.04. The number of halogens is 1. The van der Waals surface area contributed by atoms with E-state index in [4.69, 9.17) is 6.57 Å². The molecule has 1 aromatic carbocycles. The first kappa shape index (κ1) is 10.9. The first-order valence-corrected chi connectivity index (χ1v) is 3.99. The number of benzene rings is 1. The van der Waals surface area contributed by atoms with Crippen LogP contribution in [0.15, 0.2) is 18.2 Å². The molecule has 0 N–H and O–H groups in total. The SMILES string of the molecule is [C-]#[N+]Cc1cccc([N+](=O)[O-])c1OCF. The van der Waals surface area contributed by atoms with Crippen molar-refractivity contribution >= 4 is 5.69 Å². The second-order valence-electron chi connectivity index (χ2n) is 2.59. The van der Waals surface area contributed by atoms with Gasteiger partial charge in [0.1, 0.15) is 0 Å². The summed E-state index contributed by atoms with van der Waals surface area (Å²) in [7, 11) is 0. The minimum atomic E-state index is -1.16. The van der Waals surface area contributed by atoms with Crippen LogP contribution in [0, 0.1) is 16.7 Å². The molecule has 0 radical (unpaired) electrons. The van der Waals surface area contributed by atoms with Gasteiger partial charge in [0.25, 0.3) is 0 Å². The third-order valence-electron chi connectivity index (χ3n) is 1.72. The smallest absolute Gasteiger partial charge is 0.311 e. The number of rotatable bonds is 4. The quantitative estimate of drug-likeness (QED) is 0.435. The Bertz CT molecular complexity index is 414. The third kappa shape index (κ3) is 2.40. The molecule has 0 aliphatic rings. The Hall–Kier alpha value is -2.16. The fourth-order valence-electron chi connectivity index (χ4n) is 1.15. The van der Waals surface area contributed by atoms with Crippen molar-refractivity contribution in [3.63, 3.8) is 0 Å². The van der Waals surface area contributed by atoms with Gasteiger partial charge >= 0.3 is 5.69 Å². The Morgan fingerprint density at radius 3 is 2.87 bits per heavy atom. The van der Waals surface area contributed by atoms with Gasteiger partial charge in [0.15, 0.2) is 0 Å². The molecule has 0 saturated carbocycles. The lowest BCUT2D eigenvalue weighted by atomic mass is 10.2. The molecule has 0 fully saturated rings. The number of hydrogen-bond acceptors (Lipinski definition) is 3. The zero-order chi connectivity index (χ0) is 11.3. The fraction of sp³-hybridized carbons (Fsp3) is 0.222. The van der Waals surface area contributed by atoms with Crippen LogP contribution in [0.3, 0.4) is 0 Å². The molecule has 1 aromatic rings. The van der Waals surface area contributed by atoms with E-state index in [1.807, 2.05) is 0 Å². The molecular weight excluding hydrogens is 203 g/mol. The van der Waals surface area contributed by atoms with Gasteiger partial charge in [0.05, 0.1) is 10.5 Å². The molecule has 0 amide bonds. The van der Waals surface area contributed by atoms with E-state index in [2.05, 4.69) is 9.58 Å². The minimum Gasteiger partial charge on any atom is -0.455 e. The summed E-state index contributed by atoms with van der Waals surface area (Å²) in [6, 6.07) is 4.14. The molecule has 15 heavy (non-hydrogen) atoms. The Morgan fingerprint density at radius 1 is 1.60 bits per heavy atom. The minimum absolute atomic E-state index is 0.0724. The predicted molar refractivity (Wildman–Crippen MR) is 50.0 cm³/mol. The first-order valence-electron chi connectivity index (χ1n) is 3.99. The molecule has 1 rings (SSSR count). The van der Waals surface area contributed by atoms with Crippen LogP contribution in [-0.4, -0.2) is 11.8 Å². The molecule has 0 aliphatic carbocycles. The summed E-state index contributed by atoms with van der Waals surface area (Å²) < 4.78 is 16.6. The molecule has 0 bridgehead atoms. The van der Waals surface area contributed by atoms with E-state index in [9.17, 15) is 14.5 Å². The van der Waals surface area contributed by atoms with Crippen molar-refractivity contribution in [1.82, 2.24) is 0 Å². The number of nitro groups is 1. The Kier molecular flexibility index (Phi) is 3.57. The summed E-state index contributed by atoms with van der Waals surface area (Å²) in [5, 5.41) is 10.6. The summed E-state index contributed by atoms with van der Waals surface area (Å²) >= 11 is 0. The summed E-state index contributed by atoms with van der Waals surface area (Å²) in [5.74, 6) is -0.166. The van der Waals surface area contributed by atoms with Gasteiger partial charge in [-0.1, -0.05) is 6.07 Å². The summed E-state index contributed by atoms with van der Waals surface area (Å²) in [5.41, 5.74) is -0.00866. The molecule has 0 saturated heterocycles. The summed E-state index contributed by atoms with van der Waals surface area (Å²) in [6.07, 6.45) is 0. The molecule has 0 aromatic heterocycles. The van der Waals surface area contributed by atoms with Crippen molar-refractivity contribution in [3.8, 4) is 5.75 Å². The molecule has 0 spiro atoms. The number of ether oxygens (including phenoxy) is 1. The number of hydrogen-bond donors (Lipinski definition) is 0. The maximum absolute atomic E-state index is 12.0. The predicted octanol–water partition coefficient (Wildman–Crippen LogP) is 2.32. The van der Waals surface area contributed by atoms with Crippen LogP contribution in [0.4, 0.5) is 10.1 Å². The standard InChI is InChI=1S/C9H7FN2O3/c1-11-5-7-3-2-4-8(12(13)14)9(7)15-6-10/h2-4H,5-6H2. The summed E-state index contributed by atoms with van der Waals surface area (Å²) in [6.45, 7) is 5.42. The normalized spacial score (nSPS) is 9.33. The van der Waals surface area contributed by atoms with Crippen LogP contribution in [0.25, 0.3) is 4.85 Å². The van der Waals surface area contributed by atoms with E-state index in [1.165, 1.54) is 18.2 Å². The van der Waals surface area contributed by atoms with E-state index in [1.54, 1.807) is 0 Å². The molecule has 0 heterocycles. The van der Waals surface area contributed by atoms with Gasteiger partial charge in [-0.25, -0.2) is 11.0 Å². The Balaban J connectivity index is 3.22. The van der Waals surface area contributed by atoms with Crippen LogP contribution in [0.5, 0.6) is 5.75 Å². The molecule has 78 valence electrons. The molecule has 0 aliphatic heterocycles. The molecule has 6 heteroatoms. The number of nitro benzene ring substituents is 1. The van der Waals surface area contributed by atoms with Crippen molar-refractivity contribution in [2.24, 2.45) is 0 Å². The topological polar surface area (TPSA) is 56.7 Å². The van der Waals surface area contributed by atoms with E-state index >= 15 is 0 Å². The average Bonchev–Trinajstić information content (AvgIpc) is 2.21. The number of nitrogens with zero attached hydrogens (tertiary/aromatic N) is 2. The van der Waals surface area contributed by atoms with E-state index < -0.39 is 11.8 Å². The second-order valence-corrected chi connectivity index (χ2v) is 2.59. The van der Waals surface area contributed by atoms with Gasteiger partial charge < -0.3 is 9.58 Å². The Labute approximate surface area is 85.1 Å². The van der Waals surface area contributed by atoms with Crippen molar-refractivity contribution in [1.29, 1.82) is 0 Å². The van der Waals surface area contributed by atoms with Crippen molar-refractivity contribution in [2.45, 2.75) is 6.54 Å². The fourth-order valence-corrected chi connectivity index (χ4v) is 1.15. The highest BCUT2D eigenvalue weighted by Gasteiger charge is 2.20. The van der Waals surface area contributed by atoms with Gasteiger partial charge in [-0.15, -0.1) is 0 Å². The maximum Gasteiger partial charge on any atom is 0.311 e. The number of para-hydroxylation sites is 1. The van der Waals surface area contributed by atoms with Crippen LogP contribution >= 0.6 is 0 Å². The van der Waals surface area contributed by atoms with E-state index in [0.29, 0.717) is 5.56 Å². The van der Waals surface area contributed by atoms with Crippen LogP contribution in [0.1, 0.15) is 5.56 Å². The largest absolute Gasteiger partial charge is 0.455 e. The first-order chi connectivity index (χ1) is 7.20. The van der Waals surface area contributed by atoms with Gasteiger partial charge in [0.2, 0.25) is 19.2 Å². The lowest BCUT2D eigenvalue weighted by molar-refractivity contribution is -0.386. The molecule has 0 atom stereocenters. The van der Waals surface area contributed by atoms with Gasteiger partial charge in [-0.2, -0.15) is 0 Å². The van der Waals surface area contributed by atoms with Gasteiger partial charge in [0, 0.05) is 6.07 Å². The highest BCUT2D eigenvalue weighted by atomic mass is 19.1. The van der Waals surface area contributed by atoms with E-state index in [-0.39, 0.29) is 18.0 Å². The third-order valence-corrected chi connectivity index (χ3v) is 1.72. The van der Waals surface area contributed by atoms with Crippen LogP contribution in [-0.2, 0) is 6.54 Å². The zero-order valence-electron chi connectivity index (χ0n) is 7.64. The highest BCUT2D eigenvalue weighted by Crippen LogP contribution is 2.31. The monoisotopic (exact) mass is 210 g/mol. The average molecular weight is 210 g/mol. The zero-order valence-corrected chi connectivity index (χ0v) is 7.64. The molecular formula is C9H7FN2O3. The van der Waals surface area contributed by atoms with Gasteiger partial charge in [-0.05, 0) is 6.07 Å².